The van der Waals surface area contributed by atoms with E-state index in [2.05, 4.69) is 213 Å². The average molecular weight is 1730 g/mol. The van der Waals surface area contributed by atoms with E-state index < -0.39 is 37.8 Å². The molecular formula is C86H131Cl2N10O20P. The Morgan fingerprint density at radius 3 is 1.09 bits per heavy atom. The Bertz CT molecular complexity index is 3510. The van der Waals surface area contributed by atoms with Gasteiger partial charge in [-0.25, -0.2) is 0 Å². The summed E-state index contributed by atoms with van der Waals surface area (Å²) in [5.41, 5.74) is 28.4. The third kappa shape index (κ3) is 53.1. The molecule has 0 spiro atoms. The van der Waals surface area contributed by atoms with Crippen LogP contribution in [0.15, 0.2) is 148 Å². The smallest absolute Gasteiger partial charge is 0.373 e. The van der Waals surface area contributed by atoms with Gasteiger partial charge in [-0.2, -0.15) is 38.4 Å². The molecule has 4 aliphatic carbocycles. The maximum absolute atomic E-state index is 11.5. The Balaban J connectivity index is -0.000000308. The summed E-state index contributed by atoms with van der Waals surface area (Å²) < 4.78 is 32.3. The zero-order chi connectivity index (χ0) is 88.8. The number of alkyl halides is 2. The fourth-order valence-corrected chi connectivity index (χ4v) is 14.9. The number of hydrogen-bond acceptors (Lipinski definition) is 24. The SMILES string of the molecule is C.C.C.CC(=O)OC(C)=O.CC(=O)OC(C)=O.CCC(CC)O[C@@H]1CC(C)=C[C@@H]2C1N2C(C)=O.CCC(CC)O[C@@H]1CC(C)=C[C@H](N=[N+]=[N-])[C@H]1N.CCC(CC)O[C@@H]1CC(C)=C[C@H](N=[N+]=[N-])[C@H]1NC(C)=O.CCC(CC)O[C@@H]1CC(C)=C[C@H]2N[C@H]21.ClCCl.O=C=O.O=C=O.O=C=O.O=C=O.c1ccc(P(c2ccccc2)c2ccccc2)cc1. The van der Waals surface area contributed by atoms with E-state index in [1.54, 1.807) is 6.92 Å². The zero-order valence-electron chi connectivity index (χ0n) is 70.0. The maximum atomic E-state index is 11.5. The molecule has 2 amide bonds. The molecule has 0 bridgehead atoms. The van der Waals surface area contributed by atoms with Crippen molar-refractivity contribution in [3.63, 3.8) is 0 Å². The summed E-state index contributed by atoms with van der Waals surface area (Å²) >= 11 is 9.53. The Labute approximate surface area is 715 Å². The molecule has 33 heteroatoms. The Morgan fingerprint density at radius 1 is 0.487 bits per heavy atom. The van der Waals surface area contributed by atoms with Crippen molar-refractivity contribution in [1.82, 2.24) is 15.5 Å². The molecule has 3 aromatic carbocycles. The number of carbonyl (C=O) groups excluding carboxylic acids is 14. The molecule has 30 nitrogen and oxygen atoms in total. The van der Waals surface area contributed by atoms with Crippen LogP contribution >= 0.6 is 31.1 Å². The van der Waals surface area contributed by atoms with Crippen LogP contribution in [0.4, 0.5) is 0 Å². The first-order valence-electron chi connectivity index (χ1n) is 38.1. The molecule has 2 heterocycles. The van der Waals surface area contributed by atoms with Gasteiger partial charge < -0.3 is 49.7 Å². The van der Waals surface area contributed by atoms with Crippen LogP contribution in [0.3, 0.4) is 0 Å². The van der Waals surface area contributed by atoms with Gasteiger partial charge in [0.05, 0.1) is 90.4 Å². The van der Waals surface area contributed by atoms with Gasteiger partial charge in [0.25, 0.3) is 0 Å². The van der Waals surface area contributed by atoms with Crippen LogP contribution in [-0.4, -0.2) is 168 Å². The highest BCUT2D eigenvalue weighted by atomic mass is 35.5. The molecule has 0 aromatic heterocycles. The minimum absolute atomic E-state index is 0. The number of halogens is 2. The van der Waals surface area contributed by atoms with E-state index in [1.807, 2.05) is 30.9 Å². The van der Waals surface area contributed by atoms with Crippen LogP contribution in [0.1, 0.15) is 224 Å². The molecule has 4 N–H and O–H groups in total. The molecule has 1 unspecified atom stereocenters. The standard InChI is InChI=1S/C18H15P.C14H24N4O2.C14H23NO2.C12H22N4O.C12H21NO.2C4H6O3.CH2Cl2.4CO2.3CH4/c1-4-10-16(11-5-1)19(17-12-6-2-7-13-17)18-14-8-3-9-15-18;1-5-11(6-2)20-13-8-9(3)7-12(17-18-15)14(13)16-10(4)19;1-5-11(6-2)17-13-8-9(3)7-12-14(13)15(12)10(4)16;1-4-9(5-2)17-11-7-8(3)6-10(12(11)13)15-16-14;1-4-9(5-2)14-11-7-8(3)6-10-12(11)13-10;2*1-3(5)7-4(2)6;5*2-1-3;;;/h1-15H;7,11-14H,5-6,8H2,1-4H3,(H,16,19);7,11-14H,5-6,8H2,1-4H3;6,9-12H,4-5,7,13H2,1-3H3;6,9-13H,4-5,7H2,1-3H3;2*1-2H3;1H2;;;;;3*1H4/t;12-,13+,14+;12-,13-,14?,15?;10-,11+,12+;10-,11-,12-;;;;;;;;;;/m.0101........../s1. The molecule has 12 atom stereocenters. The first-order chi connectivity index (χ1) is 55.2. The number of ether oxygens (including phenoxy) is 6. The minimum Gasteiger partial charge on any atom is -0.394 e. The molecule has 119 heavy (non-hydrogen) atoms. The quantitative estimate of drug-likeness (QED) is 0.00968. The maximum Gasteiger partial charge on any atom is 0.373 e. The van der Waals surface area contributed by atoms with Crippen molar-refractivity contribution in [1.29, 1.82) is 0 Å². The lowest BCUT2D eigenvalue weighted by molar-refractivity contribution is -0.193. The summed E-state index contributed by atoms with van der Waals surface area (Å²) in [5, 5.41) is 18.2. The van der Waals surface area contributed by atoms with E-state index in [-0.39, 0.29) is 113 Å². The second kappa shape index (κ2) is 72.7. The number of benzene rings is 3. The van der Waals surface area contributed by atoms with E-state index in [0.717, 1.165) is 82.6 Å². The topological polar surface area (TPSA) is 455 Å². The fourth-order valence-electron chi connectivity index (χ4n) is 12.6. The van der Waals surface area contributed by atoms with Gasteiger partial charge in [0.15, 0.2) is 0 Å². The zero-order valence-corrected chi connectivity index (χ0v) is 72.4. The molecule has 9 rings (SSSR count). The second-order valence-corrected chi connectivity index (χ2v) is 29.6. The highest BCUT2D eigenvalue weighted by Crippen LogP contribution is 2.42. The number of azide groups is 2. The highest BCUT2D eigenvalue weighted by molar-refractivity contribution is 7.79. The number of hydrogen-bond donors (Lipinski definition) is 3. The minimum atomic E-state index is -0.562. The van der Waals surface area contributed by atoms with Gasteiger partial charge in [-0.1, -0.05) is 225 Å². The lowest BCUT2D eigenvalue weighted by Gasteiger charge is -2.36. The van der Waals surface area contributed by atoms with Gasteiger partial charge in [-0.3, -0.25) is 28.8 Å². The van der Waals surface area contributed by atoms with Gasteiger partial charge >= 0.3 is 48.5 Å². The van der Waals surface area contributed by atoms with E-state index in [0.29, 0.717) is 42.5 Å². The summed E-state index contributed by atoms with van der Waals surface area (Å²) in [6.07, 6.45) is 22.9. The summed E-state index contributed by atoms with van der Waals surface area (Å²) in [5.74, 6) is -2.22. The fraction of sp³-hybridized carbons (Fsp3) is 0.581. The van der Waals surface area contributed by atoms with Crippen LogP contribution in [0.25, 0.3) is 20.9 Å². The van der Waals surface area contributed by atoms with Gasteiger partial charge in [-0.05, 0) is 140 Å². The number of nitrogens with one attached hydrogen (secondary N) is 2. The molecule has 664 valence electrons. The van der Waals surface area contributed by atoms with Crippen molar-refractivity contribution in [2.45, 2.75) is 321 Å². The van der Waals surface area contributed by atoms with Crippen LogP contribution in [0.5, 0.6) is 0 Å². The summed E-state index contributed by atoms with van der Waals surface area (Å²) in [4.78, 5) is 135. The van der Waals surface area contributed by atoms with Crippen molar-refractivity contribution in [2.75, 3.05) is 5.34 Å². The van der Waals surface area contributed by atoms with E-state index in [9.17, 15) is 28.8 Å². The van der Waals surface area contributed by atoms with E-state index in [4.69, 9.17) is 97.3 Å². The third-order valence-electron chi connectivity index (χ3n) is 17.7. The lowest BCUT2D eigenvalue weighted by Crippen LogP contribution is -2.52. The molecule has 0 saturated carbocycles. The van der Waals surface area contributed by atoms with Crippen molar-refractivity contribution < 1.29 is 95.5 Å². The van der Waals surface area contributed by atoms with Crippen molar-refractivity contribution in [3.8, 4) is 0 Å². The van der Waals surface area contributed by atoms with Gasteiger partial charge in [-0.15, -0.1) is 23.2 Å². The second-order valence-electron chi connectivity index (χ2n) is 26.6. The van der Waals surface area contributed by atoms with E-state index >= 15 is 0 Å². The Hall–Kier alpha value is -9.25. The molecular weight excluding hydrogens is 1590 g/mol. The molecule has 2 fully saturated rings. The number of carbonyl (C=O) groups is 6. The van der Waals surface area contributed by atoms with Gasteiger partial charge in [0.2, 0.25) is 11.8 Å². The van der Waals surface area contributed by atoms with Crippen LogP contribution < -0.4 is 32.3 Å². The molecule has 2 aliphatic heterocycles. The highest BCUT2D eigenvalue weighted by Gasteiger charge is 2.55. The third-order valence-corrected chi connectivity index (χ3v) is 20.1. The number of nitrogens with zero attached hydrogens (tertiary/aromatic N) is 7. The van der Waals surface area contributed by atoms with Crippen LogP contribution in [-0.2, 0) is 95.5 Å². The molecule has 6 aliphatic rings. The van der Waals surface area contributed by atoms with E-state index in [1.165, 1.54) is 67.3 Å². The van der Waals surface area contributed by atoms with Crippen molar-refractivity contribution in [2.24, 2.45) is 16.0 Å². The van der Waals surface area contributed by atoms with Crippen molar-refractivity contribution in [3.05, 3.63) is 158 Å². The van der Waals surface area contributed by atoms with Crippen LogP contribution in [0, 0.1) is 0 Å². The van der Waals surface area contributed by atoms with Crippen molar-refractivity contribution >= 4 is 107 Å². The number of esters is 4. The summed E-state index contributed by atoms with van der Waals surface area (Å²) in [7, 11) is -0.446. The number of amides is 2. The predicted molar refractivity (Wildman–Crippen MR) is 460 cm³/mol. The lowest BCUT2D eigenvalue weighted by atomic mass is 9.89. The van der Waals surface area contributed by atoms with Gasteiger partial charge in [0.1, 0.15) is 0 Å². The number of fused-ring (bicyclic) bond motifs is 2. The number of nitrogens with two attached hydrogens (primary N) is 1. The summed E-state index contributed by atoms with van der Waals surface area (Å²) in [6, 6.07) is 32.9. The Kier molecular flexibility index (Phi) is 73.7. The summed E-state index contributed by atoms with van der Waals surface area (Å²) in [6.45, 7) is 33.3. The van der Waals surface area contributed by atoms with Gasteiger partial charge in [0, 0.05) is 63.4 Å². The first kappa shape index (κ1) is 121. The van der Waals surface area contributed by atoms with Crippen LogP contribution in [0.2, 0.25) is 0 Å². The molecule has 0 radical (unpaired) electrons. The normalized spacial score (nSPS) is 20.1. The largest absolute Gasteiger partial charge is 0.394 e. The monoisotopic (exact) mass is 1720 g/mol. The molecule has 3 aromatic rings. The predicted octanol–water partition coefficient (Wildman–Crippen LogP) is 15.4. The number of rotatable bonds is 22. The average Bonchev–Trinajstić information content (AvgIpc) is 1.58. The molecule has 2 saturated heterocycles. The first-order valence-corrected chi connectivity index (χ1v) is 40.5. The Morgan fingerprint density at radius 2 is 0.773 bits per heavy atom.